The third kappa shape index (κ3) is 2.92. The highest BCUT2D eigenvalue weighted by Gasteiger charge is 2.37. The van der Waals surface area contributed by atoms with Crippen LogP contribution in [0.25, 0.3) is 0 Å². The molecule has 0 saturated heterocycles. The van der Waals surface area contributed by atoms with Crippen LogP contribution in [0.3, 0.4) is 0 Å². The normalized spacial score (nSPS) is 15.9. The Morgan fingerprint density at radius 1 is 1.26 bits per heavy atom. The Kier molecular flexibility index (Phi) is 4.65. The van der Waals surface area contributed by atoms with Gasteiger partial charge < -0.3 is 15.2 Å². The van der Waals surface area contributed by atoms with E-state index in [0.29, 0.717) is 17.1 Å². The molecule has 1 aromatic carbocycles. The van der Waals surface area contributed by atoms with Crippen molar-refractivity contribution in [1.82, 2.24) is 9.13 Å². The Morgan fingerprint density at radius 3 is 2.59 bits per heavy atom. The fraction of sp³-hybridized carbons (Fsp3) is 0.316. The van der Waals surface area contributed by atoms with Gasteiger partial charge >= 0.3 is 11.7 Å². The van der Waals surface area contributed by atoms with Gasteiger partial charge in [0.2, 0.25) is 0 Å². The van der Waals surface area contributed by atoms with Crippen LogP contribution in [-0.2, 0) is 23.6 Å². The molecule has 0 fully saturated rings. The Morgan fingerprint density at radius 2 is 1.96 bits per heavy atom. The van der Waals surface area contributed by atoms with Gasteiger partial charge in [-0.05, 0) is 31.5 Å². The maximum Gasteiger partial charge on any atom is 0.336 e. The van der Waals surface area contributed by atoms with Crippen LogP contribution >= 0.6 is 0 Å². The number of hydrogen-bond acceptors (Lipinski definition) is 6. The number of fused-ring (bicyclic) bond motifs is 1. The lowest BCUT2D eigenvalue weighted by Gasteiger charge is -2.30. The number of allylic oxidation sites excluding steroid dienone is 1. The summed E-state index contributed by atoms with van der Waals surface area (Å²) in [4.78, 5) is 38.0. The van der Waals surface area contributed by atoms with Crippen molar-refractivity contribution in [2.45, 2.75) is 19.8 Å². The van der Waals surface area contributed by atoms with Gasteiger partial charge in [0.25, 0.3) is 5.56 Å². The molecule has 8 nitrogen and oxygen atoms in total. The van der Waals surface area contributed by atoms with Gasteiger partial charge in [0.05, 0.1) is 23.7 Å². The van der Waals surface area contributed by atoms with Gasteiger partial charge in [-0.2, -0.15) is 0 Å². The second kappa shape index (κ2) is 6.79. The van der Waals surface area contributed by atoms with E-state index < -0.39 is 23.1 Å². The molecule has 3 rings (SSSR count). The molecule has 27 heavy (non-hydrogen) atoms. The zero-order chi connectivity index (χ0) is 19.9. The molecule has 0 saturated carbocycles. The molecular weight excluding hydrogens is 350 g/mol. The molecule has 2 N–H and O–H groups in total. The number of carbonyl (C=O) groups excluding carboxylic acids is 1. The molecule has 2 heterocycles. The minimum atomic E-state index is -0.780. The van der Waals surface area contributed by atoms with E-state index >= 15 is 0 Å². The third-order valence-corrected chi connectivity index (χ3v) is 4.69. The van der Waals surface area contributed by atoms with Crippen LogP contribution in [0.15, 0.2) is 45.1 Å². The summed E-state index contributed by atoms with van der Waals surface area (Å²) in [6.45, 7) is 3.57. The van der Waals surface area contributed by atoms with Crippen LogP contribution in [0, 0.1) is 0 Å². The first-order valence-electron chi connectivity index (χ1n) is 8.51. The maximum absolute atomic E-state index is 13.0. The largest absolute Gasteiger partial charge is 0.508 e. The first-order chi connectivity index (χ1) is 12.8. The van der Waals surface area contributed by atoms with Gasteiger partial charge in [-0.25, -0.2) is 9.59 Å². The van der Waals surface area contributed by atoms with E-state index in [1.54, 1.807) is 33.0 Å². The number of nitrogens with zero attached hydrogens (tertiary/aromatic N) is 2. The molecule has 1 aliphatic rings. The zero-order valence-corrected chi connectivity index (χ0v) is 15.6. The summed E-state index contributed by atoms with van der Waals surface area (Å²) >= 11 is 0. The standard InChI is InChI=1S/C19H21N3O5/c1-5-27-18(25)13-10(2)20-16-15(17(24)22(4)19(26)21(16)3)14(13)11-7-6-8-12(23)9-11/h6-9,14,20,23H,5H2,1-4H3/t14-/m0/s1. The summed E-state index contributed by atoms with van der Waals surface area (Å²) < 4.78 is 7.53. The first kappa shape index (κ1) is 18.5. The van der Waals surface area contributed by atoms with Crippen molar-refractivity contribution in [3.05, 3.63) is 67.5 Å². The van der Waals surface area contributed by atoms with E-state index in [-0.39, 0.29) is 23.5 Å². The molecule has 2 aromatic rings. The smallest absolute Gasteiger partial charge is 0.336 e. The van der Waals surface area contributed by atoms with E-state index in [1.165, 1.54) is 23.7 Å². The lowest BCUT2D eigenvalue weighted by Crippen LogP contribution is -2.43. The number of phenolic OH excluding ortho intramolecular Hbond substituents is 1. The topological polar surface area (TPSA) is 103 Å². The maximum atomic E-state index is 13.0. The van der Waals surface area contributed by atoms with Crippen molar-refractivity contribution >= 4 is 11.8 Å². The number of benzene rings is 1. The van der Waals surface area contributed by atoms with E-state index in [0.717, 1.165) is 4.57 Å². The van der Waals surface area contributed by atoms with E-state index in [9.17, 15) is 19.5 Å². The highest BCUT2D eigenvalue weighted by atomic mass is 16.5. The molecule has 142 valence electrons. The Labute approximate surface area is 155 Å². The quantitative estimate of drug-likeness (QED) is 0.786. The molecule has 1 aliphatic heterocycles. The monoisotopic (exact) mass is 371 g/mol. The van der Waals surface area contributed by atoms with Gasteiger partial charge in [0, 0.05) is 19.8 Å². The fourth-order valence-corrected chi connectivity index (χ4v) is 3.40. The number of anilines is 1. The molecule has 1 aromatic heterocycles. The van der Waals surface area contributed by atoms with Crippen LogP contribution in [0.5, 0.6) is 5.75 Å². The van der Waals surface area contributed by atoms with Crippen LogP contribution in [0.4, 0.5) is 5.82 Å². The number of ether oxygens (including phenoxy) is 1. The highest BCUT2D eigenvalue weighted by molar-refractivity contribution is 5.94. The summed E-state index contributed by atoms with van der Waals surface area (Å²) in [5.74, 6) is -1.01. The van der Waals surface area contributed by atoms with Crippen molar-refractivity contribution in [2.24, 2.45) is 14.1 Å². The van der Waals surface area contributed by atoms with Crippen LogP contribution in [0.1, 0.15) is 30.9 Å². The van der Waals surface area contributed by atoms with Crippen molar-refractivity contribution in [1.29, 1.82) is 0 Å². The molecule has 0 amide bonds. The van der Waals surface area contributed by atoms with E-state index in [4.69, 9.17) is 4.74 Å². The molecule has 0 aliphatic carbocycles. The molecule has 1 atom stereocenters. The first-order valence-corrected chi connectivity index (χ1v) is 8.51. The Balaban J connectivity index is 2.39. The van der Waals surface area contributed by atoms with Crippen LogP contribution < -0.4 is 16.6 Å². The number of nitrogens with one attached hydrogen (secondary N) is 1. The molecule has 0 radical (unpaired) electrons. The predicted octanol–water partition coefficient (Wildman–Crippen LogP) is 1.18. The number of aromatic nitrogens is 2. The number of rotatable bonds is 3. The molecule has 0 unspecified atom stereocenters. The van der Waals surface area contributed by atoms with Crippen LogP contribution in [0.2, 0.25) is 0 Å². The molecule has 0 bridgehead atoms. The minimum absolute atomic E-state index is 0.00934. The predicted molar refractivity (Wildman–Crippen MR) is 99.8 cm³/mol. The number of phenols is 1. The lowest BCUT2D eigenvalue weighted by atomic mass is 9.82. The number of hydrogen-bond donors (Lipinski definition) is 2. The van der Waals surface area contributed by atoms with E-state index in [1.807, 2.05) is 0 Å². The van der Waals surface area contributed by atoms with Crippen molar-refractivity contribution in [3.63, 3.8) is 0 Å². The van der Waals surface area contributed by atoms with Crippen molar-refractivity contribution in [3.8, 4) is 5.75 Å². The summed E-state index contributed by atoms with van der Waals surface area (Å²) in [7, 11) is 2.94. The average Bonchev–Trinajstić information content (AvgIpc) is 2.63. The second-order valence-electron chi connectivity index (χ2n) is 6.38. The fourth-order valence-electron chi connectivity index (χ4n) is 3.40. The van der Waals surface area contributed by atoms with Gasteiger partial charge in [0.15, 0.2) is 0 Å². The molecule has 8 heteroatoms. The number of esters is 1. The summed E-state index contributed by atoms with van der Waals surface area (Å²) in [5.41, 5.74) is 0.564. The summed E-state index contributed by atoms with van der Waals surface area (Å²) in [6, 6.07) is 6.36. The summed E-state index contributed by atoms with van der Waals surface area (Å²) in [5, 5.41) is 12.9. The third-order valence-electron chi connectivity index (χ3n) is 4.69. The van der Waals surface area contributed by atoms with Crippen molar-refractivity contribution < 1.29 is 14.6 Å². The highest BCUT2D eigenvalue weighted by Crippen LogP contribution is 2.40. The minimum Gasteiger partial charge on any atom is -0.508 e. The number of aromatic hydroxyl groups is 1. The van der Waals surface area contributed by atoms with Crippen molar-refractivity contribution in [2.75, 3.05) is 11.9 Å². The second-order valence-corrected chi connectivity index (χ2v) is 6.38. The molecular formula is C19H21N3O5. The Bertz CT molecular complexity index is 1080. The lowest BCUT2D eigenvalue weighted by molar-refractivity contribution is -0.138. The zero-order valence-electron chi connectivity index (χ0n) is 15.6. The van der Waals surface area contributed by atoms with Gasteiger partial charge in [-0.3, -0.25) is 13.9 Å². The van der Waals surface area contributed by atoms with Gasteiger partial charge in [-0.1, -0.05) is 12.1 Å². The van der Waals surface area contributed by atoms with E-state index in [2.05, 4.69) is 5.32 Å². The average molecular weight is 371 g/mol. The van der Waals surface area contributed by atoms with Crippen LogP contribution in [-0.4, -0.2) is 26.8 Å². The van der Waals surface area contributed by atoms with Gasteiger partial charge in [0.1, 0.15) is 11.6 Å². The molecule has 0 spiro atoms. The Hall–Kier alpha value is -3.29. The number of carbonyl (C=O) groups is 1. The van der Waals surface area contributed by atoms with Gasteiger partial charge in [-0.15, -0.1) is 0 Å². The SMILES string of the molecule is CCOC(=O)C1=C(C)Nc2c(c(=O)n(C)c(=O)n2C)[C@H]1c1cccc(O)c1. The summed E-state index contributed by atoms with van der Waals surface area (Å²) in [6.07, 6.45) is 0.